The van der Waals surface area contributed by atoms with Crippen LogP contribution in [0, 0.1) is 25.2 Å². The number of hydrogen-bond donors (Lipinski definition) is 1. The van der Waals surface area contributed by atoms with Gasteiger partial charge in [-0.3, -0.25) is 9.48 Å². The minimum absolute atomic E-state index is 0.207. The summed E-state index contributed by atoms with van der Waals surface area (Å²) >= 11 is 0. The molecule has 5 aromatic rings. The first-order chi connectivity index (χ1) is 17.0. The molecule has 0 aliphatic rings. The second kappa shape index (κ2) is 9.24. The average molecular weight is 458 g/mol. The molecule has 1 N–H and O–H groups in total. The van der Waals surface area contributed by atoms with E-state index in [-0.39, 0.29) is 5.91 Å². The summed E-state index contributed by atoms with van der Waals surface area (Å²) in [5.74, 6) is -0.207. The number of anilines is 1. The van der Waals surface area contributed by atoms with Gasteiger partial charge >= 0.3 is 0 Å². The van der Waals surface area contributed by atoms with E-state index in [0.717, 1.165) is 39.0 Å². The molecule has 0 atom stereocenters. The fraction of sp³-hybridized carbons (Fsp3) is 0.103. The maximum absolute atomic E-state index is 13.5. The molecule has 2 heterocycles. The van der Waals surface area contributed by atoms with Crippen LogP contribution >= 0.6 is 0 Å². The van der Waals surface area contributed by atoms with Gasteiger partial charge < -0.3 is 5.32 Å². The summed E-state index contributed by atoms with van der Waals surface area (Å²) in [5.41, 5.74) is 7.25. The van der Waals surface area contributed by atoms with E-state index in [9.17, 15) is 4.79 Å². The standard InChI is InChI=1S/C29H23N5O/c1-19-8-13-26-24(14-19)25(15-27(32-26)23-6-4-3-5-7-23)29(35)33-28-17-31-34(20(28)2)18-22-11-9-21(16-30)10-12-22/h3-15,17H,18H2,1-2H3,(H,33,35). The van der Waals surface area contributed by atoms with Crippen molar-refractivity contribution in [1.82, 2.24) is 14.8 Å². The van der Waals surface area contributed by atoms with Crippen molar-refractivity contribution >= 4 is 22.5 Å². The third kappa shape index (κ3) is 4.53. The van der Waals surface area contributed by atoms with Crippen LogP contribution in [0.25, 0.3) is 22.2 Å². The first-order valence-corrected chi connectivity index (χ1v) is 11.3. The Labute approximate surface area is 203 Å². The van der Waals surface area contributed by atoms with E-state index in [0.29, 0.717) is 23.4 Å². The quantitative estimate of drug-likeness (QED) is 0.357. The molecule has 2 aromatic heterocycles. The molecule has 0 bridgehead atoms. The number of nitrogens with zero attached hydrogens (tertiary/aromatic N) is 4. The third-order valence-electron chi connectivity index (χ3n) is 6.05. The largest absolute Gasteiger partial charge is 0.319 e. The minimum Gasteiger partial charge on any atom is -0.319 e. The molecule has 0 aliphatic heterocycles. The highest BCUT2D eigenvalue weighted by molar-refractivity contribution is 6.13. The van der Waals surface area contributed by atoms with E-state index in [1.165, 1.54) is 0 Å². The highest BCUT2D eigenvalue weighted by atomic mass is 16.1. The summed E-state index contributed by atoms with van der Waals surface area (Å²) < 4.78 is 1.83. The highest BCUT2D eigenvalue weighted by Gasteiger charge is 2.17. The number of nitriles is 1. The van der Waals surface area contributed by atoms with Gasteiger partial charge in [-0.25, -0.2) is 4.98 Å². The van der Waals surface area contributed by atoms with Crippen molar-refractivity contribution < 1.29 is 4.79 Å². The molecular formula is C29H23N5O. The van der Waals surface area contributed by atoms with Gasteiger partial charge in [0, 0.05) is 10.9 Å². The smallest absolute Gasteiger partial charge is 0.256 e. The van der Waals surface area contributed by atoms with Crippen molar-refractivity contribution in [2.75, 3.05) is 5.32 Å². The Bertz CT molecular complexity index is 1580. The van der Waals surface area contributed by atoms with Gasteiger partial charge in [0.25, 0.3) is 5.91 Å². The van der Waals surface area contributed by atoms with Crippen molar-refractivity contribution in [3.8, 4) is 17.3 Å². The lowest BCUT2D eigenvalue weighted by Gasteiger charge is -2.12. The number of pyridine rings is 1. The molecule has 5 rings (SSSR count). The molecular weight excluding hydrogens is 434 g/mol. The number of carbonyl (C=O) groups is 1. The normalized spacial score (nSPS) is 10.8. The van der Waals surface area contributed by atoms with Gasteiger partial charge in [0.1, 0.15) is 0 Å². The van der Waals surface area contributed by atoms with Gasteiger partial charge in [0.2, 0.25) is 0 Å². The SMILES string of the molecule is Cc1ccc2nc(-c3ccccc3)cc(C(=O)Nc3cnn(Cc4ccc(C#N)cc4)c3C)c2c1. The Morgan fingerprint density at radius 2 is 1.77 bits per heavy atom. The van der Waals surface area contributed by atoms with Crippen LogP contribution in [0.2, 0.25) is 0 Å². The second-order valence-electron chi connectivity index (χ2n) is 8.51. The van der Waals surface area contributed by atoms with E-state index in [1.807, 2.05) is 85.3 Å². The minimum atomic E-state index is -0.207. The molecule has 6 nitrogen and oxygen atoms in total. The Hall–Kier alpha value is -4.76. The van der Waals surface area contributed by atoms with Crippen LogP contribution in [-0.2, 0) is 6.54 Å². The van der Waals surface area contributed by atoms with E-state index < -0.39 is 0 Å². The van der Waals surface area contributed by atoms with Crippen LogP contribution in [0.3, 0.4) is 0 Å². The Morgan fingerprint density at radius 1 is 1.00 bits per heavy atom. The first kappa shape index (κ1) is 22.1. The van der Waals surface area contributed by atoms with Crippen molar-refractivity contribution in [3.05, 3.63) is 113 Å². The molecule has 0 aliphatic carbocycles. The van der Waals surface area contributed by atoms with Gasteiger partial charge in [-0.1, -0.05) is 54.1 Å². The highest BCUT2D eigenvalue weighted by Crippen LogP contribution is 2.27. The van der Waals surface area contributed by atoms with Crippen molar-refractivity contribution in [2.45, 2.75) is 20.4 Å². The zero-order chi connectivity index (χ0) is 24.4. The van der Waals surface area contributed by atoms with Crippen LogP contribution in [-0.4, -0.2) is 20.7 Å². The van der Waals surface area contributed by atoms with Gasteiger partial charge in [0.05, 0.1) is 52.5 Å². The Balaban J connectivity index is 1.47. The van der Waals surface area contributed by atoms with E-state index in [4.69, 9.17) is 10.2 Å². The van der Waals surface area contributed by atoms with Crippen LogP contribution < -0.4 is 5.32 Å². The zero-order valence-corrected chi connectivity index (χ0v) is 19.5. The van der Waals surface area contributed by atoms with E-state index in [1.54, 1.807) is 18.3 Å². The lowest BCUT2D eigenvalue weighted by atomic mass is 10.0. The summed E-state index contributed by atoms with van der Waals surface area (Å²) in [4.78, 5) is 18.3. The fourth-order valence-electron chi connectivity index (χ4n) is 4.06. The predicted octanol–water partition coefficient (Wildman–Crippen LogP) is 5.89. The predicted molar refractivity (Wildman–Crippen MR) is 137 cm³/mol. The second-order valence-corrected chi connectivity index (χ2v) is 8.51. The molecule has 3 aromatic carbocycles. The summed E-state index contributed by atoms with van der Waals surface area (Å²) in [6.07, 6.45) is 1.67. The lowest BCUT2D eigenvalue weighted by molar-refractivity contribution is 0.102. The topological polar surface area (TPSA) is 83.6 Å². The van der Waals surface area contributed by atoms with Crippen LogP contribution in [0.5, 0.6) is 0 Å². The Kier molecular flexibility index (Phi) is 5.82. The van der Waals surface area contributed by atoms with Crippen molar-refractivity contribution in [1.29, 1.82) is 5.26 Å². The zero-order valence-electron chi connectivity index (χ0n) is 19.5. The molecule has 6 heteroatoms. The van der Waals surface area contributed by atoms with Gasteiger partial charge in [-0.15, -0.1) is 0 Å². The van der Waals surface area contributed by atoms with Crippen molar-refractivity contribution in [2.24, 2.45) is 0 Å². The van der Waals surface area contributed by atoms with Crippen LogP contribution in [0.15, 0.2) is 85.1 Å². The van der Waals surface area contributed by atoms with Crippen molar-refractivity contribution in [3.63, 3.8) is 0 Å². The summed E-state index contributed by atoms with van der Waals surface area (Å²) in [7, 11) is 0. The maximum Gasteiger partial charge on any atom is 0.256 e. The molecule has 0 saturated carbocycles. The molecule has 0 radical (unpaired) electrons. The number of nitrogens with one attached hydrogen (secondary N) is 1. The third-order valence-corrected chi connectivity index (χ3v) is 6.05. The molecule has 1 amide bonds. The van der Waals surface area contributed by atoms with Gasteiger partial charge in [-0.05, 0) is 49.7 Å². The van der Waals surface area contributed by atoms with Gasteiger partial charge in [-0.2, -0.15) is 10.4 Å². The summed E-state index contributed by atoms with van der Waals surface area (Å²) in [6, 6.07) is 27.2. The van der Waals surface area contributed by atoms with Crippen LogP contribution in [0.4, 0.5) is 5.69 Å². The first-order valence-electron chi connectivity index (χ1n) is 11.3. The lowest BCUT2D eigenvalue weighted by Crippen LogP contribution is -2.14. The Morgan fingerprint density at radius 3 is 2.51 bits per heavy atom. The molecule has 170 valence electrons. The van der Waals surface area contributed by atoms with E-state index >= 15 is 0 Å². The number of benzene rings is 3. The number of amides is 1. The number of rotatable bonds is 5. The molecule has 0 fully saturated rings. The number of aryl methyl sites for hydroxylation is 1. The molecule has 0 spiro atoms. The monoisotopic (exact) mass is 457 g/mol. The fourth-order valence-corrected chi connectivity index (χ4v) is 4.06. The average Bonchev–Trinajstić information content (AvgIpc) is 3.22. The van der Waals surface area contributed by atoms with Crippen LogP contribution in [0.1, 0.15) is 32.7 Å². The molecule has 0 saturated heterocycles. The number of aromatic nitrogens is 3. The van der Waals surface area contributed by atoms with Gasteiger partial charge in [0.15, 0.2) is 0 Å². The number of hydrogen-bond acceptors (Lipinski definition) is 4. The van der Waals surface area contributed by atoms with E-state index in [2.05, 4.69) is 16.5 Å². The molecule has 35 heavy (non-hydrogen) atoms. The molecule has 0 unspecified atom stereocenters. The summed E-state index contributed by atoms with van der Waals surface area (Å²) in [5, 5.41) is 17.3. The maximum atomic E-state index is 13.5. The number of fused-ring (bicyclic) bond motifs is 1. The number of carbonyl (C=O) groups excluding carboxylic acids is 1. The summed E-state index contributed by atoms with van der Waals surface area (Å²) in [6.45, 7) is 4.48.